The summed E-state index contributed by atoms with van der Waals surface area (Å²) in [7, 11) is 0. The second-order valence-corrected chi connectivity index (χ2v) is 24.5. The number of nitrogens with zero attached hydrogens (tertiary/aromatic N) is 7. The SMILES string of the molecule is C[C@H](NC(=O)[C@H](CCCN=C(N)N)NC(=O)[C@@H]1CCCN1C(=O)[C@@H](N)[C@@H](C)O)C(=O)N[C@@H](CCCN=C(N)N)C(=O)N[C@@H](CCCN=C(N)N)C(=O)N[C@@H](CCCN=C(N)N)C(=O)N[C@@H](CCCCN)C(=O)N[C@@H](CCCCN)C(=O)N[C@@H](CCCN=C(N)N)C(=O)N1CCC[C@H]1C(=O)O. The van der Waals surface area contributed by atoms with Gasteiger partial charge in [-0.2, -0.15) is 0 Å². The number of aliphatic hydroxyl groups is 1. The number of rotatable bonds is 48. The first-order valence-electron chi connectivity index (χ1n) is 33.7. The van der Waals surface area contributed by atoms with Crippen LogP contribution in [0, 0.1) is 0 Å². The fourth-order valence-corrected chi connectivity index (χ4v) is 10.9. The third-order valence-corrected chi connectivity index (χ3v) is 16.2. The Morgan fingerprint density at radius 3 is 0.990 bits per heavy atom. The van der Waals surface area contributed by atoms with Crippen molar-refractivity contribution in [1.29, 1.82) is 0 Å². The minimum atomic E-state index is -1.51. The van der Waals surface area contributed by atoms with Crippen LogP contribution in [-0.2, 0) is 52.7 Å². The molecular weight excluding hydrogens is 1310 g/mol. The molecule has 2 aliphatic heterocycles. The molecule has 2 rings (SSSR count). The lowest BCUT2D eigenvalue weighted by molar-refractivity contribution is -0.149. The first kappa shape index (κ1) is 86.4. The number of likely N-dealkylation sites (tertiary alicyclic amines) is 2. The fourth-order valence-electron chi connectivity index (χ4n) is 10.9. The van der Waals surface area contributed by atoms with Gasteiger partial charge in [-0.15, -0.1) is 0 Å². The van der Waals surface area contributed by atoms with E-state index in [9.17, 15) is 63.0 Å². The van der Waals surface area contributed by atoms with Gasteiger partial charge in [0.2, 0.25) is 59.1 Å². The molecule has 566 valence electrons. The van der Waals surface area contributed by atoms with Gasteiger partial charge in [0.15, 0.2) is 29.8 Å². The van der Waals surface area contributed by atoms with Gasteiger partial charge in [-0.1, -0.05) is 0 Å². The molecule has 0 aromatic carbocycles. The van der Waals surface area contributed by atoms with Crippen molar-refractivity contribution >= 4 is 94.8 Å². The molecule has 0 unspecified atom stereocenters. The molecule has 36 N–H and O–H groups in total. The van der Waals surface area contributed by atoms with E-state index in [0.717, 1.165) is 0 Å². The Balaban J connectivity index is 2.60. The van der Waals surface area contributed by atoms with Gasteiger partial charge in [-0.3, -0.25) is 72.9 Å². The number of amides is 10. The number of aliphatic carboxylic acids is 1. The molecule has 0 saturated carbocycles. The van der Waals surface area contributed by atoms with Crippen LogP contribution in [0.2, 0.25) is 0 Å². The smallest absolute Gasteiger partial charge is 0.326 e. The van der Waals surface area contributed by atoms with Crippen LogP contribution in [-0.4, -0.2) is 246 Å². The summed E-state index contributed by atoms with van der Waals surface area (Å²) < 4.78 is 0. The zero-order valence-corrected chi connectivity index (χ0v) is 57.5. The van der Waals surface area contributed by atoms with Crippen molar-refractivity contribution in [3.8, 4) is 0 Å². The van der Waals surface area contributed by atoms with Crippen molar-refractivity contribution in [2.24, 2.45) is 99.5 Å². The lowest BCUT2D eigenvalue weighted by Crippen LogP contribution is -2.60. The van der Waals surface area contributed by atoms with Gasteiger partial charge in [-0.05, 0) is 155 Å². The summed E-state index contributed by atoms with van der Waals surface area (Å²) in [6, 6.07) is -14.7. The summed E-state index contributed by atoms with van der Waals surface area (Å²) in [6.45, 7) is 3.32. The van der Waals surface area contributed by atoms with Crippen LogP contribution < -0.4 is 117 Å². The highest BCUT2D eigenvalue weighted by molar-refractivity contribution is 5.99. The van der Waals surface area contributed by atoms with E-state index in [2.05, 4.69) is 67.5 Å². The number of guanidine groups is 5. The highest BCUT2D eigenvalue weighted by atomic mass is 16.4. The molecule has 0 aromatic heterocycles. The lowest BCUT2D eigenvalue weighted by atomic mass is 10.0. The Morgan fingerprint density at radius 2 is 0.670 bits per heavy atom. The number of carbonyl (C=O) groups excluding carboxylic acids is 10. The molecule has 100 heavy (non-hydrogen) atoms. The van der Waals surface area contributed by atoms with Gasteiger partial charge in [0.05, 0.1) is 6.10 Å². The Labute approximate surface area is 581 Å². The van der Waals surface area contributed by atoms with Crippen molar-refractivity contribution in [2.75, 3.05) is 58.9 Å². The maximum Gasteiger partial charge on any atom is 0.326 e. The highest BCUT2D eigenvalue weighted by Gasteiger charge is 2.41. The minimum absolute atomic E-state index is 0.00526. The second-order valence-electron chi connectivity index (χ2n) is 24.5. The first-order chi connectivity index (χ1) is 47.3. The molecule has 41 heteroatoms. The van der Waals surface area contributed by atoms with E-state index in [4.69, 9.17) is 74.5 Å². The van der Waals surface area contributed by atoms with Gasteiger partial charge < -0.3 is 137 Å². The van der Waals surface area contributed by atoms with Crippen molar-refractivity contribution in [3.05, 3.63) is 0 Å². The second kappa shape index (κ2) is 46.6. The number of nitrogens with one attached hydrogen (secondary N) is 8. The zero-order valence-electron chi connectivity index (χ0n) is 57.5. The van der Waals surface area contributed by atoms with Crippen molar-refractivity contribution < 1.29 is 63.0 Å². The number of carboxylic acid groups (broad SMARTS) is 1. The zero-order chi connectivity index (χ0) is 75.0. The van der Waals surface area contributed by atoms with Crippen LogP contribution in [0.5, 0.6) is 0 Å². The Kier molecular flexibility index (Phi) is 40.3. The molecule has 41 nitrogen and oxygen atoms in total. The largest absolute Gasteiger partial charge is 0.480 e. The number of nitrogens with two attached hydrogens (primary N) is 13. The number of carbonyl (C=O) groups is 11. The minimum Gasteiger partial charge on any atom is -0.480 e. The third-order valence-electron chi connectivity index (χ3n) is 16.2. The van der Waals surface area contributed by atoms with E-state index >= 15 is 0 Å². The van der Waals surface area contributed by atoms with E-state index < -0.39 is 138 Å². The summed E-state index contributed by atoms with van der Waals surface area (Å²) >= 11 is 0. The topological polar surface area (TPSA) is 731 Å². The molecule has 0 aliphatic carbocycles. The van der Waals surface area contributed by atoms with Crippen LogP contribution in [0.15, 0.2) is 25.0 Å². The van der Waals surface area contributed by atoms with Crippen molar-refractivity contribution in [1.82, 2.24) is 52.3 Å². The van der Waals surface area contributed by atoms with Gasteiger partial charge in [-0.25, -0.2) is 4.79 Å². The molecule has 0 aromatic rings. The molecule has 0 spiro atoms. The first-order valence-corrected chi connectivity index (χ1v) is 33.7. The molecule has 12 atom stereocenters. The van der Waals surface area contributed by atoms with Crippen molar-refractivity contribution in [2.45, 2.75) is 215 Å². The Hall–Kier alpha value is -9.64. The van der Waals surface area contributed by atoms with E-state index in [-0.39, 0.29) is 185 Å². The molecule has 0 radical (unpaired) electrons. The van der Waals surface area contributed by atoms with Crippen molar-refractivity contribution in [3.63, 3.8) is 0 Å². The molecular formula is C59H112N28O13. The summed E-state index contributed by atoms with van der Waals surface area (Å²) in [4.78, 5) is 177. The Morgan fingerprint density at radius 1 is 0.390 bits per heavy atom. The summed E-state index contributed by atoms with van der Waals surface area (Å²) in [6.07, 6.45) is 1.29. The maximum atomic E-state index is 14.7. The normalized spacial score (nSPS) is 17.0. The Bertz CT molecular complexity index is 2830. The van der Waals surface area contributed by atoms with Crippen LogP contribution in [0.25, 0.3) is 0 Å². The standard InChI is InChI=1S/C59H112N28O13/c1-32(78-45(90)36(16-7-25-73-55(63)64)84-51(96)41-21-12-30-86(41)53(98)43(62)33(2)88)44(89)79-37(17-8-26-74-56(65)66)47(92)82-39(19-10-28-76-58(69)70)49(94)83-38(18-9-27-75-57(67)68)48(93)80-34(14-3-5-23-60)46(91)81-35(15-4-6-24-61)50(95)85-40(20-11-29-77-59(71)72)52(97)87-31-13-22-42(87)54(99)100/h32-43,88H,3-31,60-62H2,1-2H3,(H,78,90)(H,79,89)(H,80,93)(H,81,91)(H,82,92)(H,83,94)(H,84,96)(H,85,95)(H,99,100)(H4,63,64,73)(H4,65,66,74)(H4,67,68,75)(H4,69,70,76)(H4,71,72,77)/t32-,33+,34-,35-,36-,37-,38-,39-,40-,41-,42-,43-/m0/s1. The predicted molar refractivity (Wildman–Crippen MR) is 373 cm³/mol. The fraction of sp³-hybridized carbons (Fsp3) is 0.729. The van der Waals surface area contributed by atoms with Gasteiger partial charge >= 0.3 is 5.97 Å². The van der Waals surface area contributed by atoms with E-state index in [0.29, 0.717) is 32.1 Å². The summed E-state index contributed by atoms with van der Waals surface area (Å²) in [5.41, 5.74) is 73.2. The molecule has 2 fully saturated rings. The molecule has 2 saturated heterocycles. The van der Waals surface area contributed by atoms with E-state index in [1.165, 1.54) is 23.6 Å². The van der Waals surface area contributed by atoms with Crippen LogP contribution in [0.4, 0.5) is 0 Å². The molecule has 2 aliphatic rings. The lowest BCUT2D eigenvalue weighted by Gasteiger charge is -2.30. The number of unbranched alkanes of at least 4 members (excludes halogenated alkanes) is 2. The summed E-state index contributed by atoms with van der Waals surface area (Å²) in [5, 5.41) is 41.2. The summed E-state index contributed by atoms with van der Waals surface area (Å²) in [5.74, 6) is -10.7. The van der Waals surface area contributed by atoms with E-state index in [1.54, 1.807) is 0 Å². The highest BCUT2D eigenvalue weighted by Crippen LogP contribution is 2.22. The third kappa shape index (κ3) is 32.8. The molecule has 0 bridgehead atoms. The van der Waals surface area contributed by atoms with Gasteiger partial charge in [0.1, 0.15) is 66.5 Å². The predicted octanol–water partition coefficient (Wildman–Crippen LogP) is -9.81. The average molecular weight is 1420 g/mol. The number of hydrogen-bond acceptors (Lipinski definition) is 20. The van der Waals surface area contributed by atoms with Gasteiger partial charge in [0, 0.05) is 45.8 Å². The van der Waals surface area contributed by atoms with Gasteiger partial charge in [0.25, 0.3) is 0 Å². The molecule has 2 heterocycles. The number of aliphatic imine (C=N–C) groups is 5. The average Bonchev–Trinajstić information content (AvgIpc) is 1.62. The van der Waals surface area contributed by atoms with E-state index in [1.807, 2.05) is 0 Å². The number of hydrogen-bond donors (Lipinski definition) is 23. The maximum absolute atomic E-state index is 14.7. The van der Waals surface area contributed by atoms with Crippen LogP contribution in [0.1, 0.15) is 142 Å². The monoisotopic (exact) mass is 1420 g/mol. The quantitative estimate of drug-likeness (QED) is 0.0153. The number of aliphatic hydroxyl groups excluding tert-OH is 1. The number of carboxylic acids is 1. The van der Waals surface area contributed by atoms with Crippen LogP contribution in [0.3, 0.4) is 0 Å². The van der Waals surface area contributed by atoms with Crippen LogP contribution >= 0.6 is 0 Å². The molecule has 10 amide bonds.